The number of aryl methyl sites for hydroxylation is 1. The average Bonchev–Trinajstić information content (AvgIpc) is 3.03. The molecule has 3 N–H and O–H groups in total. The highest BCUT2D eigenvalue weighted by Crippen LogP contribution is 2.39. The van der Waals surface area contributed by atoms with Crippen LogP contribution >= 0.6 is 0 Å². The van der Waals surface area contributed by atoms with Gasteiger partial charge in [-0.05, 0) is 59.6 Å². The lowest BCUT2D eigenvalue weighted by Gasteiger charge is -2.32. The number of H-pyrrole nitrogens is 1. The molecule has 4 rings (SSSR count). The van der Waals surface area contributed by atoms with E-state index in [1.54, 1.807) is 11.5 Å². The van der Waals surface area contributed by atoms with Crippen LogP contribution in [0.4, 0.5) is 0 Å². The SMILES string of the molecule is CC1(C)CCCc2cc(-c3c[nH]c4ccc(C(=O)NO)cc34)ccc21. The quantitative estimate of drug-likeness (QED) is 0.475. The van der Waals surface area contributed by atoms with Crippen LogP contribution in [0.5, 0.6) is 0 Å². The summed E-state index contributed by atoms with van der Waals surface area (Å²) < 4.78 is 0. The Bertz CT molecular complexity index is 969. The van der Waals surface area contributed by atoms with Crippen LogP contribution in [0.3, 0.4) is 0 Å². The summed E-state index contributed by atoms with van der Waals surface area (Å²) in [6.07, 6.45) is 5.55. The fourth-order valence-electron chi connectivity index (χ4n) is 4.05. The van der Waals surface area contributed by atoms with E-state index in [4.69, 9.17) is 5.21 Å². The van der Waals surface area contributed by atoms with Gasteiger partial charge in [0.15, 0.2) is 0 Å². The zero-order valence-corrected chi connectivity index (χ0v) is 14.5. The van der Waals surface area contributed by atoms with Gasteiger partial charge < -0.3 is 4.98 Å². The zero-order valence-electron chi connectivity index (χ0n) is 14.5. The number of aromatic nitrogens is 1. The number of benzene rings is 2. The number of fused-ring (bicyclic) bond motifs is 2. The van der Waals surface area contributed by atoms with E-state index in [9.17, 15) is 4.79 Å². The van der Waals surface area contributed by atoms with Crippen LogP contribution in [-0.4, -0.2) is 16.1 Å². The predicted octanol–water partition coefficient (Wildman–Crippen LogP) is 4.57. The number of nitrogens with one attached hydrogen (secondary N) is 2. The number of carbonyl (C=O) groups excluding carboxylic acids is 1. The summed E-state index contributed by atoms with van der Waals surface area (Å²) >= 11 is 0. The minimum absolute atomic E-state index is 0.235. The summed E-state index contributed by atoms with van der Waals surface area (Å²) in [5, 5.41) is 9.85. The molecule has 0 bridgehead atoms. The summed E-state index contributed by atoms with van der Waals surface area (Å²) in [4.78, 5) is 15.0. The molecule has 3 aromatic rings. The van der Waals surface area contributed by atoms with Gasteiger partial charge in [-0.3, -0.25) is 10.0 Å². The van der Waals surface area contributed by atoms with E-state index in [1.165, 1.54) is 24.0 Å². The third-order valence-electron chi connectivity index (χ3n) is 5.44. The van der Waals surface area contributed by atoms with Crippen LogP contribution in [0.2, 0.25) is 0 Å². The van der Waals surface area contributed by atoms with E-state index in [2.05, 4.69) is 37.0 Å². The Hall–Kier alpha value is -2.59. The van der Waals surface area contributed by atoms with Crippen molar-refractivity contribution in [2.75, 3.05) is 0 Å². The minimum Gasteiger partial charge on any atom is -0.361 e. The maximum Gasteiger partial charge on any atom is 0.274 e. The summed E-state index contributed by atoms with van der Waals surface area (Å²) in [7, 11) is 0. The molecule has 0 atom stereocenters. The second-order valence-electron chi connectivity index (χ2n) is 7.51. The molecule has 0 aliphatic heterocycles. The Morgan fingerprint density at radius 1 is 1.20 bits per heavy atom. The molecule has 0 radical (unpaired) electrons. The van der Waals surface area contributed by atoms with Crippen LogP contribution in [0.1, 0.15) is 48.2 Å². The highest BCUT2D eigenvalue weighted by atomic mass is 16.5. The fraction of sp³-hybridized carbons (Fsp3) is 0.286. The standard InChI is InChI=1S/C21H22N2O2/c1-21(2)9-3-4-14-10-13(5-7-18(14)21)17-12-22-19-8-6-15(11-16(17)19)20(24)23-25/h5-8,10-12,22,25H,3-4,9H2,1-2H3,(H,23,24). The van der Waals surface area contributed by atoms with Crippen LogP contribution < -0.4 is 5.48 Å². The van der Waals surface area contributed by atoms with Crippen molar-refractivity contribution in [3.8, 4) is 11.1 Å². The minimum atomic E-state index is -0.499. The van der Waals surface area contributed by atoms with Crippen LogP contribution in [0, 0.1) is 0 Å². The Morgan fingerprint density at radius 2 is 2.04 bits per heavy atom. The first-order chi connectivity index (χ1) is 12.0. The summed E-state index contributed by atoms with van der Waals surface area (Å²) in [5.74, 6) is -0.499. The molecule has 4 heteroatoms. The molecule has 25 heavy (non-hydrogen) atoms. The lowest BCUT2D eigenvalue weighted by Crippen LogP contribution is -2.23. The smallest absolute Gasteiger partial charge is 0.274 e. The lowest BCUT2D eigenvalue weighted by atomic mass is 9.72. The Balaban J connectivity index is 1.83. The van der Waals surface area contributed by atoms with Crippen LogP contribution in [-0.2, 0) is 11.8 Å². The highest BCUT2D eigenvalue weighted by Gasteiger charge is 2.27. The molecule has 0 saturated carbocycles. The second-order valence-corrected chi connectivity index (χ2v) is 7.51. The first-order valence-electron chi connectivity index (χ1n) is 8.69. The maximum absolute atomic E-state index is 11.7. The Morgan fingerprint density at radius 3 is 2.84 bits per heavy atom. The van der Waals surface area contributed by atoms with Crippen molar-refractivity contribution in [3.05, 3.63) is 59.3 Å². The first-order valence-corrected chi connectivity index (χ1v) is 8.69. The van der Waals surface area contributed by atoms with Crippen molar-refractivity contribution in [1.29, 1.82) is 0 Å². The second kappa shape index (κ2) is 5.74. The topological polar surface area (TPSA) is 65.1 Å². The number of carbonyl (C=O) groups is 1. The van der Waals surface area contributed by atoms with Crippen molar-refractivity contribution in [1.82, 2.24) is 10.5 Å². The van der Waals surface area contributed by atoms with Crippen LogP contribution in [0.15, 0.2) is 42.6 Å². The lowest BCUT2D eigenvalue weighted by molar-refractivity contribution is 0.0706. The molecule has 2 aromatic carbocycles. The number of amides is 1. The molecule has 4 nitrogen and oxygen atoms in total. The number of hydrogen-bond donors (Lipinski definition) is 3. The normalized spacial score (nSPS) is 15.8. The van der Waals surface area contributed by atoms with Crippen molar-refractivity contribution in [2.24, 2.45) is 0 Å². The predicted molar refractivity (Wildman–Crippen MR) is 99.0 cm³/mol. The van der Waals surface area contributed by atoms with Gasteiger partial charge in [-0.1, -0.05) is 32.0 Å². The number of rotatable bonds is 2. The molecule has 1 aliphatic rings. The van der Waals surface area contributed by atoms with E-state index in [0.717, 1.165) is 28.5 Å². The molecule has 1 amide bonds. The van der Waals surface area contributed by atoms with Crippen molar-refractivity contribution in [3.63, 3.8) is 0 Å². The van der Waals surface area contributed by atoms with Gasteiger partial charge in [0.05, 0.1) is 0 Å². The molecule has 1 heterocycles. The maximum atomic E-state index is 11.7. The third kappa shape index (κ3) is 2.63. The number of hydroxylamine groups is 1. The Kier molecular flexibility index (Phi) is 3.65. The molecule has 1 aromatic heterocycles. The van der Waals surface area contributed by atoms with Gasteiger partial charge >= 0.3 is 0 Å². The van der Waals surface area contributed by atoms with Crippen molar-refractivity contribution in [2.45, 2.75) is 38.5 Å². The van der Waals surface area contributed by atoms with E-state index in [-0.39, 0.29) is 5.41 Å². The van der Waals surface area contributed by atoms with Gasteiger partial charge in [0, 0.05) is 28.2 Å². The van der Waals surface area contributed by atoms with Gasteiger partial charge in [-0.15, -0.1) is 0 Å². The van der Waals surface area contributed by atoms with Gasteiger partial charge in [0.25, 0.3) is 5.91 Å². The van der Waals surface area contributed by atoms with Crippen LogP contribution in [0.25, 0.3) is 22.0 Å². The Labute approximate surface area is 146 Å². The molecule has 0 unspecified atom stereocenters. The molecular formula is C21H22N2O2. The van der Waals surface area contributed by atoms with Gasteiger partial charge in [-0.2, -0.15) is 0 Å². The molecule has 1 aliphatic carbocycles. The third-order valence-corrected chi connectivity index (χ3v) is 5.44. The molecule has 0 fully saturated rings. The summed E-state index contributed by atoms with van der Waals surface area (Å²) in [5.41, 5.74) is 8.45. The fourth-order valence-corrected chi connectivity index (χ4v) is 4.05. The summed E-state index contributed by atoms with van der Waals surface area (Å²) in [6, 6.07) is 12.1. The number of hydrogen-bond acceptors (Lipinski definition) is 2. The molecule has 0 saturated heterocycles. The molecule has 128 valence electrons. The average molecular weight is 334 g/mol. The van der Waals surface area contributed by atoms with Gasteiger partial charge in [-0.25, -0.2) is 5.48 Å². The van der Waals surface area contributed by atoms with Gasteiger partial charge in [0.2, 0.25) is 0 Å². The molecule has 0 spiro atoms. The monoisotopic (exact) mass is 334 g/mol. The zero-order chi connectivity index (χ0) is 17.6. The van der Waals surface area contributed by atoms with Gasteiger partial charge in [0.1, 0.15) is 0 Å². The van der Waals surface area contributed by atoms with Crippen molar-refractivity contribution >= 4 is 16.8 Å². The van der Waals surface area contributed by atoms with E-state index in [1.807, 2.05) is 18.3 Å². The van der Waals surface area contributed by atoms with E-state index < -0.39 is 5.91 Å². The largest absolute Gasteiger partial charge is 0.361 e. The number of aromatic amines is 1. The summed E-state index contributed by atoms with van der Waals surface area (Å²) in [6.45, 7) is 4.63. The van der Waals surface area contributed by atoms with E-state index >= 15 is 0 Å². The van der Waals surface area contributed by atoms with Crippen molar-refractivity contribution < 1.29 is 10.0 Å². The molecular weight excluding hydrogens is 312 g/mol. The first kappa shape index (κ1) is 15.9. The highest BCUT2D eigenvalue weighted by molar-refractivity contribution is 6.02. The van der Waals surface area contributed by atoms with E-state index in [0.29, 0.717) is 5.56 Å².